The average Bonchev–Trinajstić information content (AvgIpc) is 2.38. The fourth-order valence-corrected chi connectivity index (χ4v) is 2.47. The van der Waals surface area contributed by atoms with Gasteiger partial charge in [0.25, 0.3) is 0 Å². The average molecular weight is 317 g/mol. The van der Waals surface area contributed by atoms with Crippen LogP contribution in [-0.2, 0) is 14.4 Å². The van der Waals surface area contributed by atoms with Crippen LogP contribution < -0.4 is 0 Å². The lowest BCUT2D eigenvalue weighted by Gasteiger charge is -2.31. The van der Waals surface area contributed by atoms with Crippen molar-refractivity contribution in [3.63, 3.8) is 0 Å². The topological polar surface area (TPSA) is 122 Å². The normalized spacial score (nSPS) is 19.6. The van der Waals surface area contributed by atoms with Gasteiger partial charge in [0.05, 0.1) is 19.6 Å². The van der Waals surface area contributed by atoms with Crippen LogP contribution in [0.2, 0.25) is 0 Å². The molecular formula is C13H23N3O6. The maximum Gasteiger partial charge on any atom is 0.317 e. The largest absolute Gasteiger partial charge is 0.480 e. The van der Waals surface area contributed by atoms with Crippen molar-refractivity contribution in [3.05, 3.63) is 0 Å². The van der Waals surface area contributed by atoms with Crippen molar-refractivity contribution in [1.82, 2.24) is 14.7 Å². The number of carboxylic acids is 3. The molecule has 0 amide bonds. The van der Waals surface area contributed by atoms with Crippen LogP contribution >= 0.6 is 0 Å². The van der Waals surface area contributed by atoms with E-state index in [1.807, 2.05) is 0 Å². The van der Waals surface area contributed by atoms with Gasteiger partial charge < -0.3 is 15.3 Å². The lowest BCUT2D eigenvalue weighted by molar-refractivity contribution is -0.140. The highest BCUT2D eigenvalue weighted by atomic mass is 16.4. The summed E-state index contributed by atoms with van der Waals surface area (Å²) in [7, 11) is 0. The van der Waals surface area contributed by atoms with E-state index in [-0.39, 0.29) is 19.6 Å². The fraction of sp³-hybridized carbons (Fsp3) is 0.769. The van der Waals surface area contributed by atoms with Crippen LogP contribution in [0.25, 0.3) is 0 Å². The summed E-state index contributed by atoms with van der Waals surface area (Å²) in [5.74, 6) is -2.81. The summed E-state index contributed by atoms with van der Waals surface area (Å²) in [6, 6.07) is 0. The molecule has 0 atom stereocenters. The number of hydrogen-bond acceptors (Lipinski definition) is 6. The first-order chi connectivity index (χ1) is 10.4. The third-order valence-corrected chi connectivity index (χ3v) is 3.49. The van der Waals surface area contributed by atoms with E-state index in [0.717, 1.165) is 0 Å². The smallest absolute Gasteiger partial charge is 0.317 e. The molecule has 0 aromatic heterocycles. The summed E-state index contributed by atoms with van der Waals surface area (Å²) < 4.78 is 0. The van der Waals surface area contributed by atoms with Gasteiger partial charge in [-0.15, -0.1) is 0 Å². The minimum Gasteiger partial charge on any atom is -0.480 e. The molecule has 1 fully saturated rings. The van der Waals surface area contributed by atoms with Crippen LogP contribution in [0.1, 0.15) is 6.42 Å². The Balaban J connectivity index is 2.67. The molecule has 0 spiro atoms. The lowest BCUT2D eigenvalue weighted by Crippen LogP contribution is -2.46. The Morgan fingerprint density at radius 3 is 1.14 bits per heavy atom. The molecule has 1 rings (SSSR count). The van der Waals surface area contributed by atoms with E-state index in [1.54, 1.807) is 14.7 Å². The van der Waals surface area contributed by atoms with Gasteiger partial charge in [-0.05, 0) is 6.42 Å². The van der Waals surface area contributed by atoms with Crippen molar-refractivity contribution in [1.29, 1.82) is 0 Å². The maximum absolute atomic E-state index is 10.9. The summed E-state index contributed by atoms with van der Waals surface area (Å²) in [4.78, 5) is 37.8. The number of rotatable bonds is 6. The van der Waals surface area contributed by atoms with Crippen LogP contribution in [0.4, 0.5) is 0 Å². The summed E-state index contributed by atoms with van der Waals surface area (Å²) in [5, 5.41) is 26.7. The Labute approximate surface area is 128 Å². The molecule has 126 valence electrons. The minimum absolute atomic E-state index is 0.0974. The third kappa shape index (κ3) is 7.91. The molecule has 0 bridgehead atoms. The van der Waals surface area contributed by atoms with Gasteiger partial charge in [-0.25, -0.2) is 0 Å². The zero-order valence-corrected chi connectivity index (χ0v) is 12.5. The Kier molecular flexibility index (Phi) is 7.78. The zero-order chi connectivity index (χ0) is 16.5. The second kappa shape index (κ2) is 9.34. The molecule has 1 saturated heterocycles. The maximum atomic E-state index is 10.9. The van der Waals surface area contributed by atoms with Gasteiger partial charge in [-0.2, -0.15) is 0 Å². The van der Waals surface area contributed by atoms with E-state index >= 15 is 0 Å². The molecule has 9 nitrogen and oxygen atoms in total. The molecule has 1 heterocycles. The van der Waals surface area contributed by atoms with E-state index in [9.17, 15) is 14.4 Å². The van der Waals surface area contributed by atoms with Gasteiger partial charge >= 0.3 is 17.9 Å². The predicted molar refractivity (Wildman–Crippen MR) is 76.8 cm³/mol. The van der Waals surface area contributed by atoms with Crippen LogP contribution in [0.3, 0.4) is 0 Å². The van der Waals surface area contributed by atoms with E-state index in [0.29, 0.717) is 45.7 Å². The highest BCUT2D eigenvalue weighted by Crippen LogP contribution is 2.02. The molecule has 9 heteroatoms. The second-order valence-corrected chi connectivity index (χ2v) is 5.36. The van der Waals surface area contributed by atoms with Gasteiger partial charge in [-0.1, -0.05) is 0 Å². The van der Waals surface area contributed by atoms with Gasteiger partial charge in [0.1, 0.15) is 0 Å². The molecule has 0 aromatic rings. The minimum atomic E-state index is -0.952. The molecule has 1 aliphatic heterocycles. The van der Waals surface area contributed by atoms with Crippen LogP contribution in [0.5, 0.6) is 0 Å². The number of carbonyl (C=O) groups is 3. The van der Waals surface area contributed by atoms with Gasteiger partial charge in [0, 0.05) is 39.3 Å². The molecule has 0 saturated carbocycles. The van der Waals surface area contributed by atoms with Gasteiger partial charge in [0.2, 0.25) is 0 Å². The van der Waals surface area contributed by atoms with Gasteiger partial charge in [-0.3, -0.25) is 29.1 Å². The predicted octanol–water partition coefficient (Wildman–Crippen LogP) is -1.45. The fourth-order valence-electron chi connectivity index (χ4n) is 2.47. The van der Waals surface area contributed by atoms with E-state index < -0.39 is 17.9 Å². The van der Waals surface area contributed by atoms with E-state index in [2.05, 4.69) is 0 Å². The molecule has 1 aliphatic rings. The first kappa shape index (κ1) is 18.3. The van der Waals surface area contributed by atoms with Crippen molar-refractivity contribution in [3.8, 4) is 0 Å². The van der Waals surface area contributed by atoms with Crippen LogP contribution in [0, 0.1) is 0 Å². The number of carboxylic acid groups (broad SMARTS) is 3. The summed E-state index contributed by atoms with van der Waals surface area (Å²) in [6.07, 6.45) is 0.680. The standard InChI is InChI=1S/C13H23N3O6/c17-11(18)8-14-2-1-3-15(9-12(19)20)5-7-16(6-4-14)10-13(21)22/h1-10H2,(H,17,18)(H,19,20)(H,21,22). The number of nitrogens with zero attached hydrogens (tertiary/aromatic N) is 3. The zero-order valence-electron chi connectivity index (χ0n) is 12.5. The lowest BCUT2D eigenvalue weighted by atomic mass is 10.3. The summed E-state index contributed by atoms with van der Waals surface area (Å²) in [6.45, 7) is 2.62. The first-order valence-corrected chi connectivity index (χ1v) is 7.19. The number of aliphatic carboxylic acids is 3. The van der Waals surface area contributed by atoms with E-state index in [4.69, 9.17) is 15.3 Å². The van der Waals surface area contributed by atoms with Crippen molar-refractivity contribution in [2.45, 2.75) is 6.42 Å². The van der Waals surface area contributed by atoms with Crippen molar-refractivity contribution >= 4 is 17.9 Å². The Morgan fingerprint density at radius 2 is 0.864 bits per heavy atom. The molecule has 0 aliphatic carbocycles. The van der Waals surface area contributed by atoms with E-state index in [1.165, 1.54) is 0 Å². The van der Waals surface area contributed by atoms with Crippen molar-refractivity contribution in [2.24, 2.45) is 0 Å². The monoisotopic (exact) mass is 317 g/mol. The molecule has 0 aromatic carbocycles. The van der Waals surface area contributed by atoms with Gasteiger partial charge in [0.15, 0.2) is 0 Å². The van der Waals surface area contributed by atoms with Crippen molar-refractivity contribution in [2.75, 3.05) is 58.9 Å². The highest BCUT2D eigenvalue weighted by molar-refractivity contribution is 5.69. The Hall–Kier alpha value is -1.71. The summed E-state index contributed by atoms with van der Waals surface area (Å²) >= 11 is 0. The van der Waals surface area contributed by atoms with Crippen LogP contribution in [0.15, 0.2) is 0 Å². The SMILES string of the molecule is O=C(O)CN1CCCN(CC(=O)O)CCN(CC(=O)O)CC1. The Morgan fingerprint density at radius 1 is 0.591 bits per heavy atom. The first-order valence-electron chi connectivity index (χ1n) is 7.19. The third-order valence-electron chi connectivity index (χ3n) is 3.49. The number of hydrogen-bond donors (Lipinski definition) is 3. The highest BCUT2D eigenvalue weighted by Gasteiger charge is 2.18. The quantitative estimate of drug-likeness (QED) is 0.540. The van der Waals surface area contributed by atoms with Crippen LogP contribution in [-0.4, -0.2) is 107 Å². The second-order valence-electron chi connectivity index (χ2n) is 5.36. The molecule has 0 radical (unpaired) electrons. The summed E-state index contributed by atoms with van der Waals surface area (Å²) in [5.41, 5.74) is 0. The van der Waals surface area contributed by atoms with Crippen molar-refractivity contribution < 1.29 is 29.7 Å². The Bertz CT molecular complexity index is 375. The molecule has 0 unspecified atom stereocenters. The molecule has 3 N–H and O–H groups in total. The molecule has 22 heavy (non-hydrogen) atoms. The molecular weight excluding hydrogens is 294 g/mol.